The third kappa shape index (κ3) is 7.60. The molecule has 12 heavy (non-hydrogen) atoms. The molecule has 0 heterocycles. The van der Waals surface area contributed by atoms with Crippen LogP contribution in [-0.4, -0.2) is 25.8 Å². The third-order valence-electron chi connectivity index (χ3n) is 0.430. The van der Waals surface area contributed by atoms with E-state index in [9.17, 15) is 4.57 Å². The average Bonchev–Trinajstić information content (AvgIpc) is 1.78. The second-order valence-electron chi connectivity index (χ2n) is 1.41. The SMILES string of the molecule is CSSN=P(O)(O)OP(=O)(O)O. The summed E-state index contributed by atoms with van der Waals surface area (Å²) >= 11 is 0. The number of hydrogen-bond acceptors (Lipinski definition) is 5. The van der Waals surface area contributed by atoms with Crippen LogP contribution in [0, 0.1) is 0 Å². The molecule has 0 spiro atoms. The number of phosphoric acid groups is 1. The summed E-state index contributed by atoms with van der Waals surface area (Å²) in [7, 11) is -7.41. The first kappa shape index (κ1) is 13.0. The van der Waals surface area contributed by atoms with E-state index in [2.05, 4.69) is 8.46 Å². The lowest BCUT2D eigenvalue weighted by Crippen LogP contribution is -1.85. The quantitative estimate of drug-likeness (QED) is 0.333. The summed E-state index contributed by atoms with van der Waals surface area (Å²) in [5, 5.41) is 0. The minimum atomic E-state index is -4.89. The van der Waals surface area contributed by atoms with Gasteiger partial charge in [-0.05, 0) is 6.26 Å². The van der Waals surface area contributed by atoms with Crippen molar-refractivity contribution in [2.45, 2.75) is 0 Å². The summed E-state index contributed by atoms with van der Waals surface area (Å²) in [5.74, 6) is 0. The molecule has 0 fully saturated rings. The van der Waals surface area contributed by atoms with E-state index >= 15 is 0 Å². The monoisotopic (exact) mass is 255 g/mol. The van der Waals surface area contributed by atoms with Gasteiger partial charge in [-0.1, -0.05) is 10.8 Å². The fourth-order valence-electron chi connectivity index (χ4n) is 0.234. The zero-order valence-electron chi connectivity index (χ0n) is 5.76. The lowest BCUT2D eigenvalue weighted by molar-refractivity contribution is 0.255. The van der Waals surface area contributed by atoms with E-state index < -0.39 is 15.6 Å². The van der Waals surface area contributed by atoms with Crippen LogP contribution in [0.25, 0.3) is 0 Å². The zero-order valence-corrected chi connectivity index (χ0v) is 9.19. The Morgan fingerprint density at radius 2 is 1.83 bits per heavy atom. The lowest BCUT2D eigenvalue weighted by Gasteiger charge is -2.09. The highest BCUT2D eigenvalue weighted by Gasteiger charge is 2.26. The Labute approximate surface area is 76.6 Å². The number of rotatable bonds is 4. The molecule has 0 amide bonds. The maximum atomic E-state index is 10.1. The van der Waals surface area contributed by atoms with Crippen molar-refractivity contribution in [3.63, 3.8) is 0 Å². The van der Waals surface area contributed by atoms with Crippen molar-refractivity contribution in [2.75, 3.05) is 6.26 Å². The van der Waals surface area contributed by atoms with Crippen molar-refractivity contribution in [2.24, 2.45) is 4.15 Å². The first-order valence-electron chi connectivity index (χ1n) is 2.31. The molecule has 0 aliphatic rings. The second kappa shape index (κ2) is 4.99. The van der Waals surface area contributed by atoms with Crippen molar-refractivity contribution in [3.05, 3.63) is 0 Å². The van der Waals surface area contributed by atoms with E-state index in [0.29, 0.717) is 11.0 Å². The van der Waals surface area contributed by atoms with Crippen LogP contribution in [0.2, 0.25) is 0 Å². The largest absolute Gasteiger partial charge is 0.477 e. The Morgan fingerprint density at radius 1 is 1.33 bits per heavy atom. The maximum Gasteiger partial charge on any atom is 0.477 e. The van der Waals surface area contributed by atoms with Crippen LogP contribution in [0.1, 0.15) is 0 Å². The Morgan fingerprint density at radius 3 is 2.17 bits per heavy atom. The first-order valence-corrected chi connectivity index (χ1v) is 7.92. The Bertz CT molecular complexity index is 230. The van der Waals surface area contributed by atoms with Gasteiger partial charge in [0.1, 0.15) is 0 Å². The van der Waals surface area contributed by atoms with Crippen LogP contribution < -0.4 is 0 Å². The molecule has 0 saturated carbocycles. The molecule has 0 aliphatic heterocycles. The molecule has 0 aromatic carbocycles. The third-order valence-corrected chi connectivity index (χ3v) is 4.47. The summed E-state index contributed by atoms with van der Waals surface area (Å²) in [6.07, 6.45) is 1.60. The molecule has 0 rings (SSSR count). The van der Waals surface area contributed by atoms with Crippen LogP contribution in [0.3, 0.4) is 0 Å². The van der Waals surface area contributed by atoms with Gasteiger partial charge in [0.25, 0.3) is 0 Å². The molecule has 0 aliphatic carbocycles. The predicted molar refractivity (Wildman–Crippen MR) is 48.0 cm³/mol. The normalized spacial score (nSPS) is 13.1. The van der Waals surface area contributed by atoms with Crippen LogP contribution in [0.5, 0.6) is 0 Å². The molecule has 0 radical (unpaired) electrons. The van der Waals surface area contributed by atoms with Crippen molar-refractivity contribution < 1.29 is 28.4 Å². The van der Waals surface area contributed by atoms with Gasteiger partial charge in [0.05, 0.1) is 0 Å². The Kier molecular flexibility index (Phi) is 5.39. The molecular formula is CH7NO6P2S2. The molecule has 74 valence electrons. The molecule has 0 saturated heterocycles. The van der Waals surface area contributed by atoms with E-state index in [-0.39, 0.29) is 0 Å². The summed E-state index contributed by atoms with van der Waals surface area (Å²) in [6, 6.07) is 0. The molecular weight excluding hydrogens is 248 g/mol. The Balaban J connectivity index is 4.32. The summed E-state index contributed by atoms with van der Waals surface area (Å²) in [6.45, 7) is 0. The fraction of sp³-hybridized carbons (Fsp3) is 1.00. The highest BCUT2D eigenvalue weighted by atomic mass is 33.1. The smallest absolute Gasteiger partial charge is 0.318 e. The van der Waals surface area contributed by atoms with E-state index in [1.807, 2.05) is 0 Å². The van der Waals surface area contributed by atoms with Crippen molar-refractivity contribution >= 4 is 37.3 Å². The minimum absolute atomic E-state index is 0.678. The number of nitrogens with zero attached hydrogens (tertiary/aromatic N) is 1. The predicted octanol–water partition coefficient (Wildman–Crippen LogP) is 0.953. The van der Waals surface area contributed by atoms with E-state index in [1.54, 1.807) is 6.26 Å². The van der Waals surface area contributed by atoms with E-state index in [4.69, 9.17) is 19.6 Å². The van der Waals surface area contributed by atoms with Crippen LogP contribution in [-0.2, 0) is 8.88 Å². The summed E-state index contributed by atoms with van der Waals surface area (Å²) < 4.78 is 16.8. The molecule has 0 aromatic rings. The van der Waals surface area contributed by atoms with Crippen molar-refractivity contribution in [3.8, 4) is 0 Å². The highest BCUT2D eigenvalue weighted by Crippen LogP contribution is 2.58. The molecule has 0 aromatic heterocycles. The van der Waals surface area contributed by atoms with Gasteiger partial charge >= 0.3 is 15.6 Å². The minimum Gasteiger partial charge on any atom is -0.318 e. The summed E-state index contributed by atoms with van der Waals surface area (Å²) in [5.41, 5.74) is 0. The van der Waals surface area contributed by atoms with Gasteiger partial charge in [-0.25, -0.2) is 8.88 Å². The van der Waals surface area contributed by atoms with Gasteiger partial charge in [-0.2, -0.15) is 0 Å². The summed E-state index contributed by atoms with van der Waals surface area (Å²) in [4.78, 5) is 33.8. The van der Waals surface area contributed by atoms with Gasteiger partial charge in [-0.3, -0.25) is 0 Å². The molecule has 7 nitrogen and oxygen atoms in total. The van der Waals surface area contributed by atoms with Gasteiger partial charge in [0.2, 0.25) is 0 Å². The van der Waals surface area contributed by atoms with Crippen molar-refractivity contribution in [1.82, 2.24) is 0 Å². The maximum absolute atomic E-state index is 10.1. The fourth-order valence-corrected chi connectivity index (χ4v) is 3.76. The molecule has 0 bridgehead atoms. The van der Waals surface area contributed by atoms with Crippen LogP contribution in [0.15, 0.2) is 4.15 Å². The lowest BCUT2D eigenvalue weighted by atomic mass is 12.0. The van der Waals surface area contributed by atoms with Gasteiger partial charge in [-0.15, -0.1) is 4.15 Å². The van der Waals surface area contributed by atoms with Crippen LogP contribution in [0.4, 0.5) is 0 Å². The van der Waals surface area contributed by atoms with Crippen LogP contribution >= 0.6 is 37.3 Å². The molecule has 0 unspecified atom stereocenters. The molecule has 0 atom stereocenters. The topological polar surface area (TPSA) is 120 Å². The first-order chi connectivity index (χ1) is 5.27. The van der Waals surface area contributed by atoms with E-state index in [0.717, 1.165) is 10.8 Å². The van der Waals surface area contributed by atoms with Crippen molar-refractivity contribution in [1.29, 1.82) is 0 Å². The number of hydrogen-bond donors (Lipinski definition) is 4. The van der Waals surface area contributed by atoms with Gasteiger partial charge in [0.15, 0.2) is 0 Å². The van der Waals surface area contributed by atoms with Gasteiger partial charge < -0.3 is 19.6 Å². The molecule has 11 heteroatoms. The molecule has 4 N–H and O–H groups in total. The highest BCUT2D eigenvalue weighted by molar-refractivity contribution is 8.76. The second-order valence-corrected chi connectivity index (χ2v) is 6.65. The zero-order chi connectivity index (χ0) is 9.83. The van der Waals surface area contributed by atoms with E-state index in [1.165, 1.54) is 0 Å². The average molecular weight is 255 g/mol. The Hall–Kier alpha value is 0.960. The van der Waals surface area contributed by atoms with Gasteiger partial charge in [0, 0.05) is 11.0 Å². The standard InChI is InChI=1S/CH7NO6P2S2/c1-11-12-2-9(3,4)8-10(5,6)7/h3-4H,1H3,(H2,5,6,7).